The molecule has 0 unspecified atom stereocenters. The molecule has 1 aromatic carbocycles. The van der Waals surface area contributed by atoms with Gasteiger partial charge in [0.15, 0.2) is 11.7 Å². The van der Waals surface area contributed by atoms with Crippen molar-refractivity contribution in [3.05, 3.63) is 58.2 Å². The van der Waals surface area contributed by atoms with Gasteiger partial charge in [0.25, 0.3) is 5.91 Å². The molecule has 1 saturated heterocycles. The normalized spacial score (nSPS) is 14.6. The number of rotatable bonds is 4. The molecule has 0 bridgehead atoms. The Kier molecular flexibility index (Phi) is 8.74. The van der Waals surface area contributed by atoms with Gasteiger partial charge in [-0.3, -0.25) is 9.79 Å². The van der Waals surface area contributed by atoms with Crippen molar-refractivity contribution in [1.29, 1.82) is 0 Å². The number of hydrogen-bond donors (Lipinski definition) is 1. The van der Waals surface area contributed by atoms with E-state index < -0.39 is 0 Å². The lowest BCUT2D eigenvalue weighted by atomic mass is 10.1. The van der Waals surface area contributed by atoms with Crippen molar-refractivity contribution in [2.24, 2.45) is 4.99 Å². The summed E-state index contributed by atoms with van der Waals surface area (Å²) in [6.45, 7) is 3.33. The van der Waals surface area contributed by atoms with Gasteiger partial charge >= 0.3 is 0 Å². The van der Waals surface area contributed by atoms with Gasteiger partial charge in [0.05, 0.1) is 10.7 Å². The summed E-state index contributed by atoms with van der Waals surface area (Å²) in [5.74, 6) is 0.839. The van der Waals surface area contributed by atoms with Gasteiger partial charge in [-0.15, -0.1) is 24.0 Å². The van der Waals surface area contributed by atoms with Crippen molar-refractivity contribution in [2.75, 3.05) is 39.8 Å². The molecule has 0 atom stereocenters. The SMILES string of the molecule is CN=C(NCCc1ccc(F)c(Br)c1)N1CCN(C(=O)c2ccco2)CC1.I. The Morgan fingerprint density at radius 1 is 1.25 bits per heavy atom. The molecule has 1 amide bonds. The molecule has 9 heteroatoms. The minimum absolute atomic E-state index is 0. The second-order valence-electron chi connectivity index (χ2n) is 6.23. The van der Waals surface area contributed by atoms with Crippen molar-refractivity contribution in [3.63, 3.8) is 0 Å². The lowest BCUT2D eigenvalue weighted by Gasteiger charge is -2.36. The van der Waals surface area contributed by atoms with Crippen LogP contribution in [0.15, 0.2) is 50.5 Å². The first-order valence-electron chi connectivity index (χ1n) is 8.81. The Morgan fingerprint density at radius 2 is 1.96 bits per heavy atom. The Balaban J connectivity index is 0.00000280. The van der Waals surface area contributed by atoms with Gasteiger partial charge in [0.2, 0.25) is 0 Å². The van der Waals surface area contributed by atoms with E-state index in [-0.39, 0.29) is 35.7 Å². The summed E-state index contributed by atoms with van der Waals surface area (Å²) in [6.07, 6.45) is 2.27. The van der Waals surface area contributed by atoms with Crippen LogP contribution in [0.2, 0.25) is 0 Å². The van der Waals surface area contributed by atoms with Crippen molar-refractivity contribution >= 4 is 51.8 Å². The average Bonchev–Trinajstić information content (AvgIpc) is 3.22. The Morgan fingerprint density at radius 3 is 2.57 bits per heavy atom. The van der Waals surface area contributed by atoms with Crippen molar-refractivity contribution < 1.29 is 13.6 Å². The van der Waals surface area contributed by atoms with Gasteiger partial charge in [-0.25, -0.2) is 4.39 Å². The standard InChI is InChI=1S/C19H22BrFN4O2.HI/c1-22-19(23-7-6-14-4-5-16(21)15(20)13-14)25-10-8-24(9-11-25)18(26)17-3-2-12-27-17;/h2-5,12-13H,6-11H2,1H3,(H,22,23);1H. The minimum Gasteiger partial charge on any atom is -0.459 e. The van der Waals surface area contributed by atoms with Crippen LogP contribution in [0.1, 0.15) is 16.1 Å². The topological polar surface area (TPSA) is 61.1 Å². The summed E-state index contributed by atoms with van der Waals surface area (Å²) in [6, 6.07) is 8.43. The predicted molar refractivity (Wildman–Crippen MR) is 121 cm³/mol. The minimum atomic E-state index is -0.260. The average molecular weight is 565 g/mol. The second-order valence-corrected chi connectivity index (χ2v) is 7.08. The van der Waals surface area contributed by atoms with E-state index >= 15 is 0 Å². The molecule has 0 aliphatic carbocycles. The summed E-state index contributed by atoms with van der Waals surface area (Å²) in [5.41, 5.74) is 1.04. The number of nitrogens with one attached hydrogen (secondary N) is 1. The molecule has 28 heavy (non-hydrogen) atoms. The number of piperazine rings is 1. The molecule has 2 aromatic rings. The fourth-order valence-electron chi connectivity index (χ4n) is 3.02. The summed E-state index contributed by atoms with van der Waals surface area (Å²) >= 11 is 3.21. The Bertz CT molecular complexity index is 808. The summed E-state index contributed by atoms with van der Waals surface area (Å²) in [7, 11) is 1.75. The number of aliphatic imine (C=N–C) groups is 1. The van der Waals surface area contributed by atoms with Crippen LogP contribution in [-0.2, 0) is 6.42 Å². The molecule has 3 rings (SSSR count). The van der Waals surface area contributed by atoms with Gasteiger partial charge in [-0.2, -0.15) is 0 Å². The van der Waals surface area contributed by atoms with E-state index in [1.54, 1.807) is 36.2 Å². The number of guanidine groups is 1. The zero-order valence-electron chi connectivity index (χ0n) is 15.5. The maximum atomic E-state index is 13.3. The number of carbonyl (C=O) groups is 1. The molecule has 1 N–H and O–H groups in total. The Hall–Kier alpha value is -1.62. The predicted octanol–water partition coefficient (Wildman–Crippen LogP) is 3.38. The second kappa shape index (κ2) is 10.8. The molecule has 0 spiro atoms. The molecule has 1 aromatic heterocycles. The molecule has 6 nitrogen and oxygen atoms in total. The van der Waals surface area contributed by atoms with Crippen molar-refractivity contribution in [1.82, 2.24) is 15.1 Å². The quantitative estimate of drug-likeness (QED) is 0.351. The molecule has 1 aliphatic rings. The van der Waals surface area contributed by atoms with E-state index in [9.17, 15) is 9.18 Å². The van der Waals surface area contributed by atoms with E-state index in [1.165, 1.54) is 12.3 Å². The fraction of sp³-hybridized carbons (Fsp3) is 0.368. The van der Waals surface area contributed by atoms with Crippen LogP contribution in [0.25, 0.3) is 0 Å². The highest BCUT2D eigenvalue weighted by molar-refractivity contribution is 14.0. The molecular formula is C19H23BrFIN4O2. The first-order chi connectivity index (χ1) is 13.1. The van der Waals surface area contributed by atoms with Gasteiger partial charge in [0, 0.05) is 39.8 Å². The van der Waals surface area contributed by atoms with Crippen LogP contribution in [0.3, 0.4) is 0 Å². The number of benzene rings is 1. The summed E-state index contributed by atoms with van der Waals surface area (Å²) in [4.78, 5) is 20.6. The molecular weight excluding hydrogens is 542 g/mol. The molecule has 0 radical (unpaired) electrons. The van der Waals surface area contributed by atoms with E-state index in [2.05, 4.69) is 31.1 Å². The smallest absolute Gasteiger partial charge is 0.289 e. The van der Waals surface area contributed by atoms with Crippen molar-refractivity contribution in [2.45, 2.75) is 6.42 Å². The van der Waals surface area contributed by atoms with Crippen LogP contribution < -0.4 is 5.32 Å². The van der Waals surface area contributed by atoms with Gasteiger partial charge < -0.3 is 19.5 Å². The molecule has 1 fully saturated rings. The zero-order valence-corrected chi connectivity index (χ0v) is 19.4. The lowest BCUT2D eigenvalue weighted by Crippen LogP contribution is -2.54. The molecule has 1 aliphatic heterocycles. The summed E-state index contributed by atoms with van der Waals surface area (Å²) < 4.78 is 19.0. The Labute approximate surface area is 189 Å². The fourth-order valence-corrected chi connectivity index (χ4v) is 3.45. The van der Waals surface area contributed by atoms with E-state index in [1.807, 2.05) is 0 Å². The van der Waals surface area contributed by atoms with Gasteiger partial charge in [0.1, 0.15) is 5.82 Å². The van der Waals surface area contributed by atoms with Crippen LogP contribution in [0, 0.1) is 5.82 Å². The lowest BCUT2D eigenvalue weighted by molar-refractivity contribution is 0.0658. The van der Waals surface area contributed by atoms with Crippen molar-refractivity contribution in [3.8, 4) is 0 Å². The van der Waals surface area contributed by atoms with E-state index in [0.717, 1.165) is 17.9 Å². The maximum absolute atomic E-state index is 13.3. The van der Waals surface area contributed by atoms with Crippen LogP contribution >= 0.6 is 39.9 Å². The van der Waals surface area contributed by atoms with Gasteiger partial charge in [-0.1, -0.05) is 6.07 Å². The molecule has 0 saturated carbocycles. The van der Waals surface area contributed by atoms with Crippen LogP contribution in [0.5, 0.6) is 0 Å². The first kappa shape index (κ1) is 22.7. The maximum Gasteiger partial charge on any atom is 0.289 e. The molecule has 152 valence electrons. The summed E-state index contributed by atoms with van der Waals surface area (Å²) in [5, 5.41) is 3.34. The highest BCUT2D eigenvalue weighted by atomic mass is 127. The third kappa shape index (κ3) is 5.69. The number of hydrogen-bond acceptors (Lipinski definition) is 3. The number of carbonyl (C=O) groups excluding carboxylic acids is 1. The number of nitrogens with zero attached hydrogens (tertiary/aromatic N) is 3. The van der Waals surface area contributed by atoms with Crippen LogP contribution in [0.4, 0.5) is 4.39 Å². The number of amides is 1. The van der Waals surface area contributed by atoms with Crippen LogP contribution in [-0.4, -0.2) is 61.4 Å². The van der Waals surface area contributed by atoms with E-state index in [4.69, 9.17) is 4.42 Å². The van der Waals surface area contributed by atoms with E-state index in [0.29, 0.717) is 43.0 Å². The number of halogens is 3. The third-order valence-electron chi connectivity index (χ3n) is 4.49. The monoisotopic (exact) mass is 564 g/mol. The highest BCUT2D eigenvalue weighted by Crippen LogP contribution is 2.17. The largest absolute Gasteiger partial charge is 0.459 e. The third-order valence-corrected chi connectivity index (χ3v) is 5.10. The first-order valence-corrected chi connectivity index (χ1v) is 9.60. The zero-order chi connectivity index (χ0) is 19.2. The highest BCUT2D eigenvalue weighted by Gasteiger charge is 2.25. The van der Waals surface area contributed by atoms with Gasteiger partial charge in [-0.05, 0) is 52.2 Å². The number of furan rings is 1. The molecule has 2 heterocycles.